The Hall–Kier alpha value is -3.00. The van der Waals surface area contributed by atoms with Crippen LogP contribution in [-0.4, -0.2) is 57.9 Å². The molecule has 1 aliphatic heterocycles. The van der Waals surface area contributed by atoms with Crippen LogP contribution in [-0.2, 0) is 11.2 Å². The summed E-state index contributed by atoms with van der Waals surface area (Å²) in [7, 11) is 0. The normalized spacial score (nSPS) is 14.3. The summed E-state index contributed by atoms with van der Waals surface area (Å²) in [5.41, 5.74) is 0.681. The van der Waals surface area contributed by atoms with Crippen molar-refractivity contribution in [2.75, 3.05) is 26.2 Å². The monoisotopic (exact) mass is 396 g/mol. The van der Waals surface area contributed by atoms with Gasteiger partial charge in [0.15, 0.2) is 0 Å². The van der Waals surface area contributed by atoms with Crippen molar-refractivity contribution in [3.63, 3.8) is 0 Å². The minimum atomic E-state index is 0.0136. The molecule has 0 unspecified atom stereocenters. The number of piperazine rings is 1. The Bertz CT molecular complexity index is 932. The molecule has 1 saturated heterocycles. The van der Waals surface area contributed by atoms with E-state index in [1.807, 2.05) is 47.8 Å². The predicted octanol–water partition coefficient (Wildman–Crippen LogP) is 2.72. The second-order valence-electron chi connectivity index (χ2n) is 6.53. The first-order valence-corrected chi connectivity index (χ1v) is 10.1. The van der Waals surface area contributed by atoms with E-state index in [4.69, 9.17) is 4.52 Å². The molecule has 1 fully saturated rings. The molecule has 2 amide bonds. The molecule has 0 spiro atoms. The maximum atomic E-state index is 12.5. The molecule has 0 N–H and O–H groups in total. The van der Waals surface area contributed by atoms with Crippen LogP contribution in [0.2, 0.25) is 0 Å². The number of carbonyl (C=O) groups excluding carboxylic acids is 2. The zero-order valence-corrected chi connectivity index (χ0v) is 16.1. The standard InChI is InChI=1S/C20H20N4O3S/c25-18(9-8-17-21-19(22-27-17)16-7-4-14-28-16)23-10-12-24(13-11-23)20(26)15-5-2-1-3-6-15/h1-7,14H,8-13H2. The lowest BCUT2D eigenvalue weighted by Crippen LogP contribution is -2.50. The zero-order chi connectivity index (χ0) is 19.3. The number of benzene rings is 1. The molecule has 4 rings (SSSR count). The Balaban J connectivity index is 1.26. The summed E-state index contributed by atoms with van der Waals surface area (Å²) in [4.78, 5) is 33.9. The predicted molar refractivity (Wildman–Crippen MR) is 105 cm³/mol. The van der Waals surface area contributed by atoms with Gasteiger partial charge in [0.05, 0.1) is 4.88 Å². The molecule has 7 nitrogen and oxygen atoms in total. The van der Waals surface area contributed by atoms with Gasteiger partial charge >= 0.3 is 0 Å². The van der Waals surface area contributed by atoms with Gasteiger partial charge in [0.1, 0.15) is 0 Å². The first-order chi connectivity index (χ1) is 13.7. The molecule has 144 valence electrons. The topological polar surface area (TPSA) is 79.5 Å². The minimum Gasteiger partial charge on any atom is -0.339 e. The molecule has 8 heteroatoms. The SMILES string of the molecule is O=C(CCc1nc(-c2cccs2)no1)N1CCN(C(=O)c2ccccc2)CC1. The summed E-state index contributed by atoms with van der Waals surface area (Å²) in [5, 5.41) is 5.92. The molecule has 0 aliphatic carbocycles. The number of thiophene rings is 1. The van der Waals surface area contributed by atoms with Gasteiger partial charge in [0.25, 0.3) is 5.91 Å². The average molecular weight is 396 g/mol. The minimum absolute atomic E-state index is 0.0136. The highest BCUT2D eigenvalue weighted by atomic mass is 32.1. The van der Waals surface area contributed by atoms with Crippen molar-refractivity contribution < 1.29 is 14.1 Å². The largest absolute Gasteiger partial charge is 0.339 e. The molecule has 0 bridgehead atoms. The van der Waals surface area contributed by atoms with Gasteiger partial charge in [0.2, 0.25) is 17.6 Å². The molecular weight excluding hydrogens is 376 g/mol. The van der Waals surface area contributed by atoms with Crippen LogP contribution in [0.1, 0.15) is 22.7 Å². The highest BCUT2D eigenvalue weighted by molar-refractivity contribution is 7.13. The molecule has 3 aromatic rings. The molecule has 1 aromatic carbocycles. The molecule has 0 saturated carbocycles. The molecule has 2 aromatic heterocycles. The van der Waals surface area contributed by atoms with Gasteiger partial charge in [-0.1, -0.05) is 29.4 Å². The second-order valence-corrected chi connectivity index (χ2v) is 7.48. The Labute approximate surface area is 166 Å². The second kappa shape index (κ2) is 8.35. The quantitative estimate of drug-likeness (QED) is 0.663. The number of rotatable bonds is 5. The summed E-state index contributed by atoms with van der Waals surface area (Å²) in [6.45, 7) is 2.18. The third-order valence-corrected chi connectivity index (χ3v) is 5.57. The van der Waals surface area contributed by atoms with Crippen molar-refractivity contribution in [3.8, 4) is 10.7 Å². The summed E-state index contributed by atoms with van der Waals surface area (Å²) >= 11 is 1.54. The molecule has 1 aliphatic rings. The Morgan fingerprint density at radius 3 is 2.46 bits per heavy atom. The van der Waals surface area contributed by atoms with E-state index in [0.717, 1.165) is 4.88 Å². The van der Waals surface area contributed by atoms with Crippen LogP contribution in [0.5, 0.6) is 0 Å². The third-order valence-electron chi connectivity index (χ3n) is 4.70. The van der Waals surface area contributed by atoms with Crippen molar-refractivity contribution >= 4 is 23.2 Å². The lowest BCUT2D eigenvalue weighted by Gasteiger charge is -2.34. The van der Waals surface area contributed by atoms with Crippen LogP contribution in [0.3, 0.4) is 0 Å². The lowest BCUT2D eigenvalue weighted by molar-refractivity contribution is -0.132. The van der Waals surface area contributed by atoms with Crippen LogP contribution < -0.4 is 0 Å². The van der Waals surface area contributed by atoms with Gasteiger partial charge in [0, 0.05) is 44.6 Å². The highest BCUT2D eigenvalue weighted by Crippen LogP contribution is 2.21. The number of hydrogen-bond acceptors (Lipinski definition) is 6. The number of nitrogens with zero attached hydrogens (tertiary/aromatic N) is 4. The van der Waals surface area contributed by atoms with Gasteiger partial charge in [-0.05, 0) is 23.6 Å². The molecule has 0 radical (unpaired) electrons. The van der Waals surface area contributed by atoms with E-state index in [9.17, 15) is 9.59 Å². The first-order valence-electron chi connectivity index (χ1n) is 9.19. The van der Waals surface area contributed by atoms with Gasteiger partial charge in [-0.25, -0.2) is 0 Å². The van der Waals surface area contributed by atoms with E-state index in [2.05, 4.69) is 10.1 Å². The fourth-order valence-corrected chi connectivity index (χ4v) is 3.81. The van der Waals surface area contributed by atoms with E-state index in [0.29, 0.717) is 56.3 Å². The maximum Gasteiger partial charge on any atom is 0.253 e. The van der Waals surface area contributed by atoms with Crippen molar-refractivity contribution in [3.05, 3.63) is 59.3 Å². The number of aromatic nitrogens is 2. The highest BCUT2D eigenvalue weighted by Gasteiger charge is 2.25. The van der Waals surface area contributed by atoms with Crippen LogP contribution in [0.25, 0.3) is 10.7 Å². The van der Waals surface area contributed by atoms with E-state index in [-0.39, 0.29) is 11.8 Å². The first kappa shape index (κ1) is 18.4. The molecular formula is C20H20N4O3S. The van der Waals surface area contributed by atoms with Crippen LogP contribution in [0.15, 0.2) is 52.4 Å². The maximum absolute atomic E-state index is 12.5. The van der Waals surface area contributed by atoms with E-state index >= 15 is 0 Å². The van der Waals surface area contributed by atoms with Crippen molar-refractivity contribution in [1.29, 1.82) is 0 Å². The Kier molecular flexibility index (Phi) is 5.48. The summed E-state index contributed by atoms with van der Waals surface area (Å²) in [6.07, 6.45) is 0.735. The summed E-state index contributed by atoms with van der Waals surface area (Å²) in [6, 6.07) is 13.1. The lowest BCUT2D eigenvalue weighted by atomic mass is 10.1. The van der Waals surface area contributed by atoms with Crippen molar-refractivity contribution in [2.45, 2.75) is 12.8 Å². The zero-order valence-electron chi connectivity index (χ0n) is 15.3. The Morgan fingerprint density at radius 1 is 1.00 bits per heavy atom. The van der Waals surface area contributed by atoms with Crippen LogP contribution >= 0.6 is 11.3 Å². The molecule has 28 heavy (non-hydrogen) atoms. The van der Waals surface area contributed by atoms with Crippen LogP contribution in [0, 0.1) is 0 Å². The van der Waals surface area contributed by atoms with Crippen molar-refractivity contribution in [2.24, 2.45) is 0 Å². The Morgan fingerprint density at radius 2 is 1.75 bits per heavy atom. The summed E-state index contributed by atoms with van der Waals surface area (Å²) in [5.74, 6) is 1.09. The van der Waals surface area contributed by atoms with E-state index < -0.39 is 0 Å². The number of hydrogen-bond donors (Lipinski definition) is 0. The molecule has 0 atom stereocenters. The smallest absolute Gasteiger partial charge is 0.253 e. The van der Waals surface area contributed by atoms with Gasteiger partial charge < -0.3 is 14.3 Å². The van der Waals surface area contributed by atoms with Gasteiger partial charge in [-0.2, -0.15) is 4.98 Å². The molecule has 3 heterocycles. The van der Waals surface area contributed by atoms with Crippen LogP contribution in [0.4, 0.5) is 0 Å². The van der Waals surface area contributed by atoms with E-state index in [1.54, 1.807) is 21.1 Å². The van der Waals surface area contributed by atoms with Gasteiger partial charge in [-0.3, -0.25) is 9.59 Å². The third kappa shape index (κ3) is 4.12. The van der Waals surface area contributed by atoms with E-state index in [1.165, 1.54) is 0 Å². The number of amides is 2. The summed E-state index contributed by atoms with van der Waals surface area (Å²) < 4.78 is 5.25. The average Bonchev–Trinajstić information content (AvgIpc) is 3.44. The fraction of sp³-hybridized carbons (Fsp3) is 0.300. The number of carbonyl (C=O) groups is 2. The van der Waals surface area contributed by atoms with Crippen molar-refractivity contribution in [1.82, 2.24) is 19.9 Å². The number of aryl methyl sites for hydroxylation is 1. The van der Waals surface area contributed by atoms with Gasteiger partial charge in [-0.15, -0.1) is 11.3 Å². The fourth-order valence-electron chi connectivity index (χ4n) is 3.16.